The van der Waals surface area contributed by atoms with E-state index in [2.05, 4.69) is 203 Å². The molecule has 0 aliphatic rings. The first kappa shape index (κ1) is 30.1. The molecule has 256 valence electrons. The first-order chi connectivity index (χ1) is 27.2. The van der Waals surface area contributed by atoms with Gasteiger partial charge in [0, 0.05) is 43.7 Å². The van der Waals surface area contributed by atoms with E-state index in [0.717, 1.165) is 27.6 Å². The smallest absolute Gasteiger partial charge is 0.135 e. The predicted octanol–water partition coefficient (Wildman–Crippen LogP) is 14.3. The van der Waals surface area contributed by atoms with Crippen LogP contribution in [0.3, 0.4) is 0 Å². The fourth-order valence-electron chi connectivity index (χ4n) is 8.89. The highest BCUT2D eigenvalue weighted by Crippen LogP contribution is 2.40. The van der Waals surface area contributed by atoms with E-state index in [1.807, 2.05) is 0 Å². The Labute approximate surface area is 316 Å². The van der Waals surface area contributed by atoms with Crippen LogP contribution in [0.2, 0.25) is 0 Å². The van der Waals surface area contributed by atoms with Crippen LogP contribution in [0.1, 0.15) is 0 Å². The van der Waals surface area contributed by atoms with Crippen molar-refractivity contribution < 1.29 is 4.42 Å². The molecule has 9 aromatic carbocycles. The molecule has 55 heavy (non-hydrogen) atoms. The second-order valence-electron chi connectivity index (χ2n) is 14.6. The van der Waals surface area contributed by atoms with Crippen molar-refractivity contribution in [2.75, 3.05) is 0 Å². The fourth-order valence-corrected chi connectivity index (χ4v) is 8.89. The van der Waals surface area contributed by atoms with Gasteiger partial charge in [-0.15, -0.1) is 0 Å². The summed E-state index contributed by atoms with van der Waals surface area (Å²) >= 11 is 0. The molecule has 12 aromatic rings. The number of rotatable bonds is 4. The number of fused-ring (bicyclic) bond motifs is 10. The molecule has 3 heteroatoms. The Morgan fingerprint density at radius 3 is 1.44 bits per heavy atom. The van der Waals surface area contributed by atoms with E-state index in [4.69, 9.17) is 4.42 Å². The lowest BCUT2D eigenvalue weighted by molar-refractivity contribution is 0.669. The molecule has 0 aliphatic heterocycles. The van der Waals surface area contributed by atoms with Crippen molar-refractivity contribution in [3.05, 3.63) is 194 Å². The molecule has 3 aromatic heterocycles. The zero-order valence-electron chi connectivity index (χ0n) is 29.8. The van der Waals surface area contributed by atoms with Gasteiger partial charge in [0.2, 0.25) is 0 Å². The van der Waals surface area contributed by atoms with E-state index in [0.29, 0.717) is 0 Å². The average Bonchev–Trinajstić information content (AvgIpc) is 3.90. The van der Waals surface area contributed by atoms with Crippen molar-refractivity contribution in [1.82, 2.24) is 9.13 Å². The van der Waals surface area contributed by atoms with Gasteiger partial charge in [0.25, 0.3) is 0 Å². The largest absolute Gasteiger partial charge is 0.456 e. The van der Waals surface area contributed by atoms with Gasteiger partial charge in [-0.1, -0.05) is 115 Å². The second kappa shape index (κ2) is 11.6. The molecule has 0 N–H and O–H groups in total. The van der Waals surface area contributed by atoms with E-state index in [1.165, 1.54) is 82.3 Å². The molecule has 0 saturated carbocycles. The minimum absolute atomic E-state index is 0.893. The van der Waals surface area contributed by atoms with Crippen LogP contribution in [0.4, 0.5) is 0 Å². The van der Waals surface area contributed by atoms with Crippen molar-refractivity contribution >= 4 is 76.3 Å². The molecule has 3 nitrogen and oxygen atoms in total. The van der Waals surface area contributed by atoms with Crippen LogP contribution in [-0.2, 0) is 0 Å². The zero-order chi connectivity index (χ0) is 36.0. The summed E-state index contributed by atoms with van der Waals surface area (Å²) in [7, 11) is 0. The minimum Gasteiger partial charge on any atom is -0.456 e. The third-order valence-corrected chi connectivity index (χ3v) is 11.5. The Bertz CT molecular complexity index is 3490. The van der Waals surface area contributed by atoms with Crippen LogP contribution in [0, 0.1) is 0 Å². The molecule has 0 aliphatic carbocycles. The number of benzene rings is 9. The molecule has 0 unspecified atom stereocenters. The number of furan rings is 1. The summed E-state index contributed by atoms with van der Waals surface area (Å²) in [5.41, 5.74) is 13.6. The topological polar surface area (TPSA) is 23.0 Å². The van der Waals surface area contributed by atoms with Gasteiger partial charge in [0.05, 0.1) is 22.1 Å². The second-order valence-corrected chi connectivity index (χ2v) is 14.6. The standard InChI is InChI=1S/C52H32N2O/c1-2-10-33(11-3-1)36-21-26-51-45(31-36)46-32-40(23-27-52(46)55-51)54-48-17-9-7-15-42(48)44-30-38(20-25-50(44)54)37-19-24-49-43(29-37)41-14-6-8-16-47(41)53(49)39-22-18-34-12-4-5-13-35(34)28-39/h1-32H. The van der Waals surface area contributed by atoms with E-state index in [-0.39, 0.29) is 0 Å². The summed E-state index contributed by atoms with van der Waals surface area (Å²) in [5.74, 6) is 0. The molecule has 0 bridgehead atoms. The molecule has 3 heterocycles. The van der Waals surface area contributed by atoms with Crippen molar-refractivity contribution in [3.8, 4) is 33.6 Å². The summed E-state index contributed by atoms with van der Waals surface area (Å²) in [6, 6.07) is 70.4. The number of aromatic nitrogens is 2. The van der Waals surface area contributed by atoms with E-state index in [9.17, 15) is 0 Å². The third-order valence-electron chi connectivity index (χ3n) is 11.5. The zero-order valence-corrected chi connectivity index (χ0v) is 29.8. The summed E-state index contributed by atoms with van der Waals surface area (Å²) in [6.45, 7) is 0. The Balaban J connectivity index is 1.01. The van der Waals surface area contributed by atoms with Crippen molar-refractivity contribution in [3.63, 3.8) is 0 Å². The highest BCUT2D eigenvalue weighted by molar-refractivity contribution is 6.13. The molecule has 0 amide bonds. The molecular formula is C52H32N2O. The summed E-state index contributed by atoms with van der Waals surface area (Å²) in [6.07, 6.45) is 0. The van der Waals surface area contributed by atoms with Crippen LogP contribution in [0.5, 0.6) is 0 Å². The lowest BCUT2D eigenvalue weighted by Gasteiger charge is -2.10. The summed E-state index contributed by atoms with van der Waals surface area (Å²) in [5, 5.41) is 9.70. The van der Waals surface area contributed by atoms with E-state index < -0.39 is 0 Å². The lowest BCUT2D eigenvalue weighted by atomic mass is 10.0. The lowest BCUT2D eigenvalue weighted by Crippen LogP contribution is -1.94. The van der Waals surface area contributed by atoms with Gasteiger partial charge in [-0.2, -0.15) is 0 Å². The monoisotopic (exact) mass is 700 g/mol. The highest BCUT2D eigenvalue weighted by Gasteiger charge is 2.18. The normalized spacial score (nSPS) is 12.0. The Morgan fingerprint density at radius 2 is 0.745 bits per heavy atom. The maximum atomic E-state index is 6.35. The van der Waals surface area contributed by atoms with Gasteiger partial charge in [0.1, 0.15) is 11.2 Å². The van der Waals surface area contributed by atoms with Crippen molar-refractivity contribution in [2.24, 2.45) is 0 Å². The van der Waals surface area contributed by atoms with Crippen molar-refractivity contribution in [1.29, 1.82) is 0 Å². The molecule has 0 atom stereocenters. The average molecular weight is 701 g/mol. The van der Waals surface area contributed by atoms with Crippen molar-refractivity contribution in [2.45, 2.75) is 0 Å². The first-order valence-electron chi connectivity index (χ1n) is 18.8. The molecule has 0 radical (unpaired) electrons. The van der Waals surface area contributed by atoms with Gasteiger partial charge in [-0.05, 0) is 112 Å². The van der Waals surface area contributed by atoms with E-state index in [1.54, 1.807) is 0 Å². The molecular weight excluding hydrogens is 669 g/mol. The summed E-state index contributed by atoms with van der Waals surface area (Å²) in [4.78, 5) is 0. The predicted molar refractivity (Wildman–Crippen MR) is 231 cm³/mol. The van der Waals surface area contributed by atoms with Gasteiger partial charge < -0.3 is 13.6 Å². The highest BCUT2D eigenvalue weighted by atomic mass is 16.3. The molecule has 0 fully saturated rings. The first-order valence-corrected chi connectivity index (χ1v) is 18.8. The Kier molecular flexibility index (Phi) is 6.34. The number of para-hydroxylation sites is 2. The number of nitrogens with zero attached hydrogens (tertiary/aromatic N) is 2. The maximum Gasteiger partial charge on any atom is 0.135 e. The van der Waals surface area contributed by atoms with Gasteiger partial charge in [-0.3, -0.25) is 0 Å². The van der Waals surface area contributed by atoms with E-state index >= 15 is 0 Å². The maximum absolute atomic E-state index is 6.35. The van der Waals surface area contributed by atoms with Crippen LogP contribution < -0.4 is 0 Å². The Morgan fingerprint density at radius 1 is 0.273 bits per heavy atom. The molecule has 0 spiro atoms. The Hall–Kier alpha value is -7.36. The van der Waals surface area contributed by atoms with Gasteiger partial charge in [0.15, 0.2) is 0 Å². The quantitative estimate of drug-likeness (QED) is 0.179. The van der Waals surface area contributed by atoms with Crippen LogP contribution >= 0.6 is 0 Å². The molecule has 12 rings (SSSR count). The fraction of sp³-hybridized carbons (Fsp3) is 0. The van der Waals surface area contributed by atoms with Crippen LogP contribution in [-0.4, -0.2) is 9.13 Å². The summed E-state index contributed by atoms with van der Waals surface area (Å²) < 4.78 is 11.1. The third kappa shape index (κ3) is 4.57. The SMILES string of the molecule is c1ccc(-c2ccc3oc4ccc(-n5c6ccccc6c6cc(-c7ccc8c(c7)c7ccccc7n8-c7ccc8ccccc8c7)ccc65)cc4c3c2)cc1. The molecule has 0 saturated heterocycles. The van der Waals surface area contributed by atoms with Crippen LogP contribution in [0.15, 0.2) is 199 Å². The minimum atomic E-state index is 0.893. The number of hydrogen-bond donors (Lipinski definition) is 0. The van der Waals surface area contributed by atoms with Crippen LogP contribution in [0.25, 0.3) is 110 Å². The van der Waals surface area contributed by atoms with Gasteiger partial charge >= 0.3 is 0 Å². The van der Waals surface area contributed by atoms with Gasteiger partial charge in [-0.25, -0.2) is 0 Å². The number of hydrogen-bond acceptors (Lipinski definition) is 1.